The molecule has 2 saturated carbocycles. The van der Waals surface area contributed by atoms with Gasteiger partial charge < -0.3 is 10.1 Å². The summed E-state index contributed by atoms with van der Waals surface area (Å²) in [4.78, 5) is 23.7. The summed E-state index contributed by atoms with van der Waals surface area (Å²) in [5.41, 5.74) is 1.75. The van der Waals surface area contributed by atoms with Gasteiger partial charge in [0.25, 0.3) is 5.91 Å². The minimum absolute atomic E-state index is 0.200. The van der Waals surface area contributed by atoms with Crippen molar-refractivity contribution in [2.75, 3.05) is 11.9 Å². The maximum Gasteiger partial charge on any atom is 0.306 e. The van der Waals surface area contributed by atoms with Crippen LogP contribution in [-0.4, -0.2) is 18.5 Å². The van der Waals surface area contributed by atoms with Crippen LogP contribution in [0.5, 0.6) is 0 Å². The Morgan fingerprint density at radius 3 is 2.73 bits per heavy atom. The lowest BCUT2D eigenvalue weighted by atomic mass is 9.86. The molecule has 0 saturated heterocycles. The van der Waals surface area contributed by atoms with Gasteiger partial charge in [-0.2, -0.15) is 0 Å². The highest BCUT2D eigenvalue weighted by Gasteiger charge is 2.40. The van der Waals surface area contributed by atoms with Crippen molar-refractivity contribution in [3.05, 3.63) is 29.8 Å². The molecule has 2 aliphatic carbocycles. The number of amides is 1. The van der Waals surface area contributed by atoms with Crippen LogP contribution in [0.3, 0.4) is 0 Å². The first-order valence-corrected chi connectivity index (χ1v) is 8.13. The summed E-state index contributed by atoms with van der Waals surface area (Å²) in [5, 5.41) is 2.77. The predicted octanol–water partition coefficient (Wildman–Crippen LogP) is 3.30. The fourth-order valence-corrected chi connectivity index (χ4v) is 3.94. The molecule has 0 spiro atoms. The van der Waals surface area contributed by atoms with Crippen molar-refractivity contribution in [1.29, 1.82) is 0 Å². The monoisotopic (exact) mass is 301 g/mol. The van der Waals surface area contributed by atoms with Crippen molar-refractivity contribution < 1.29 is 14.3 Å². The number of carbonyl (C=O) groups excluding carboxylic acids is 2. The maximum atomic E-state index is 11.9. The standard InChI is InChI=1S/C18H23NO3/c1-12-4-2-3-5-16(12)19-17(20)11-22-18(21)10-15-9-13-6-7-14(15)8-13/h2-5,13-15H,6-11H2,1H3,(H,19,20)/t13-,14+,15+/m0/s1. The predicted molar refractivity (Wildman–Crippen MR) is 84.3 cm³/mol. The summed E-state index contributed by atoms with van der Waals surface area (Å²) in [6.07, 6.45) is 5.51. The van der Waals surface area contributed by atoms with E-state index in [-0.39, 0.29) is 18.5 Å². The van der Waals surface area contributed by atoms with E-state index < -0.39 is 0 Å². The average molecular weight is 301 g/mol. The summed E-state index contributed by atoms with van der Waals surface area (Å²) in [5.74, 6) is 1.49. The van der Waals surface area contributed by atoms with Crippen molar-refractivity contribution in [2.24, 2.45) is 17.8 Å². The Balaban J connectivity index is 1.41. The van der Waals surface area contributed by atoms with Crippen molar-refractivity contribution >= 4 is 17.6 Å². The van der Waals surface area contributed by atoms with E-state index in [1.807, 2.05) is 31.2 Å². The van der Waals surface area contributed by atoms with Crippen molar-refractivity contribution in [3.8, 4) is 0 Å². The van der Waals surface area contributed by atoms with E-state index in [2.05, 4.69) is 5.32 Å². The van der Waals surface area contributed by atoms with Crippen LogP contribution in [0, 0.1) is 24.7 Å². The zero-order chi connectivity index (χ0) is 15.5. The smallest absolute Gasteiger partial charge is 0.306 e. The van der Waals surface area contributed by atoms with E-state index in [9.17, 15) is 9.59 Å². The topological polar surface area (TPSA) is 55.4 Å². The normalized spacial score (nSPS) is 26.0. The molecule has 3 rings (SSSR count). The minimum Gasteiger partial charge on any atom is -0.456 e. The number of hydrogen-bond donors (Lipinski definition) is 1. The first-order valence-electron chi connectivity index (χ1n) is 8.13. The number of anilines is 1. The molecule has 118 valence electrons. The second-order valence-corrected chi connectivity index (χ2v) is 6.66. The van der Waals surface area contributed by atoms with Gasteiger partial charge >= 0.3 is 5.97 Å². The molecule has 0 radical (unpaired) electrons. The first kappa shape index (κ1) is 15.1. The molecule has 4 heteroatoms. The number of esters is 1. The van der Waals surface area contributed by atoms with Crippen molar-refractivity contribution in [1.82, 2.24) is 0 Å². The van der Waals surface area contributed by atoms with Gasteiger partial charge in [0.1, 0.15) is 0 Å². The van der Waals surface area contributed by atoms with E-state index in [1.165, 1.54) is 19.3 Å². The highest BCUT2D eigenvalue weighted by atomic mass is 16.5. The van der Waals surface area contributed by atoms with Gasteiger partial charge in [0.05, 0.1) is 0 Å². The molecule has 0 aromatic heterocycles. The first-order chi connectivity index (χ1) is 10.6. The molecular weight excluding hydrogens is 278 g/mol. The quantitative estimate of drug-likeness (QED) is 0.849. The number of para-hydroxylation sites is 1. The molecular formula is C18H23NO3. The lowest BCUT2D eigenvalue weighted by Crippen LogP contribution is -2.23. The molecule has 1 aromatic carbocycles. The summed E-state index contributed by atoms with van der Waals surface area (Å²) in [6, 6.07) is 7.55. The molecule has 2 aliphatic rings. The molecule has 1 amide bonds. The number of fused-ring (bicyclic) bond motifs is 2. The number of benzene rings is 1. The fraction of sp³-hybridized carbons (Fsp3) is 0.556. The van der Waals surface area contributed by atoms with E-state index in [0.717, 1.165) is 23.6 Å². The Kier molecular flexibility index (Phi) is 4.46. The van der Waals surface area contributed by atoms with Gasteiger partial charge in [-0.3, -0.25) is 9.59 Å². The van der Waals surface area contributed by atoms with Gasteiger partial charge in [0.2, 0.25) is 0 Å². The van der Waals surface area contributed by atoms with E-state index in [1.54, 1.807) is 0 Å². The van der Waals surface area contributed by atoms with E-state index >= 15 is 0 Å². The molecule has 2 bridgehead atoms. The third-order valence-electron chi connectivity index (χ3n) is 5.10. The minimum atomic E-state index is -0.282. The Labute approximate surface area is 131 Å². The number of rotatable bonds is 5. The van der Waals surface area contributed by atoms with E-state index in [4.69, 9.17) is 4.74 Å². The molecule has 4 nitrogen and oxygen atoms in total. The summed E-state index contributed by atoms with van der Waals surface area (Å²) >= 11 is 0. The van der Waals surface area contributed by atoms with Gasteiger partial charge in [0.15, 0.2) is 6.61 Å². The Bertz CT molecular complexity index is 569. The number of hydrogen-bond acceptors (Lipinski definition) is 3. The van der Waals surface area contributed by atoms with Crippen molar-refractivity contribution in [3.63, 3.8) is 0 Å². The maximum absolute atomic E-state index is 11.9. The summed E-state index contributed by atoms with van der Waals surface area (Å²) in [7, 11) is 0. The molecule has 0 unspecified atom stereocenters. The van der Waals surface area contributed by atoms with Gasteiger partial charge in [-0.1, -0.05) is 24.6 Å². The highest BCUT2D eigenvalue weighted by molar-refractivity contribution is 5.93. The van der Waals surface area contributed by atoms with Crippen LogP contribution < -0.4 is 5.32 Å². The summed E-state index contributed by atoms with van der Waals surface area (Å²) in [6.45, 7) is 1.73. The molecule has 1 N–H and O–H groups in total. The third-order valence-corrected chi connectivity index (χ3v) is 5.10. The number of nitrogens with one attached hydrogen (secondary N) is 1. The van der Waals surface area contributed by atoms with Gasteiger partial charge in [0, 0.05) is 12.1 Å². The number of ether oxygens (including phenoxy) is 1. The highest BCUT2D eigenvalue weighted by Crippen LogP contribution is 2.49. The SMILES string of the molecule is Cc1ccccc1NC(=O)COC(=O)C[C@H]1C[C@H]2CC[C@@H]1C2. The lowest BCUT2D eigenvalue weighted by Gasteiger charge is -2.20. The van der Waals surface area contributed by atoms with Crippen LogP contribution in [0.2, 0.25) is 0 Å². The molecule has 3 atom stereocenters. The largest absolute Gasteiger partial charge is 0.456 e. The van der Waals surface area contributed by atoms with Crippen LogP contribution in [0.25, 0.3) is 0 Å². The van der Waals surface area contributed by atoms with Gasteiger partial charge in [-0.25, -0.2) is 0 Å². The molecule has 0 heterocycles. The Morgan fingerprint density at radius 2 is 2.05 bits per heavy atom. The molecule has 22 heavy (non-hydrogen) atoms. The molecule has 1 aromatic rings. The zero-order valence-corrected chi connectivity index (χ0v) is 13.0. The van der Waals surface area contributed by atoms with Gasteiger partial charge in [-0.05, 0) is 55.6 Å². The van der Waals surface area contributed by atoms with Crippen LogP contribution >= 0.6 is 0 Å². The fourth-order valence-electron chi connectivity index (χ4n) is 3.94. The molecule has 0 aliphatic heterocycles. The second kappa shape index (κ2) is 6.51. The van der Waals surface area contributed by atoms with Crippen LogP contribution in [0.4, 0.5) is 5.69 Å². The van der Waals surface area contributed by atoms with Crippen molar-refractivity contribution in [2.45, 2.75) is 39.0 Å². The summed E-state index contributed by atoms with van der Waals surface area (Å²) < 4.78 is 5.13. The van der Waals surface area contributed by atoms with Crippen LogP contribution in [-0.2, 0) is 14.3 Å². The molecule has 2 fully saturated rings. The van der Waals surface area contributed by atoms with Crippen LogP contribution in [0.15, 0.2) is 24.3 Å². The number of carbonyl (C=O) groups is 2. The van der Waals surface area contributed by atoms with E-state index in [0.29, 0.717) is 18.3 Å². The second-order valence-electron chi connectivity index (χ2n) is 6.66. The zero-order valence-electron chi connectivity index (χ0n) is 13.0. The Morgan fingerprint density at radius 1 is 1.23 bits per heavy atom. The average Bonchev–Trinajstić information content (AvgIpc) is 3.10. The Hall–Kier alpha value is -1.84. The lowest BCUT2D eigenvalue weighted by molar-refractivity contribution is -0.148. The third kappa shape index (κ3) is 3.49. The number of aryl methyl sites for hydroxylation is 1. The van der Waals surface area contributed by atoms with Gasteiger partial charge in [-0.15, -0.1) is 0 Å². The van der Waals surface area contributed by atoms with Crippen LogP contribution in [0.1, 0.15) is 37.7 Å².